The number of para-hydroxylation sites is 1. The smallest absolute Gasteiger partial charge is 0.417 e. The first kappa shape index (κ1) is 9.51. The summed E-state index contributed by atoms with van der Waals surface area (Å²) in [4.78, 5) is 9.92. The fourth-order valence-corrected chi connectivity index (χ4v) is 1.92. The van der Waals surface area contributed by atoms with Crippen LogP contribution in [0.3, 0.4) is 0 Å². The monoisotopic (exact) mass is 301 g/mol. The molecule has 1 aromatic heterocycles. The summed E-state index contributed by atoms with van der Waals surface area (Å²) in [5.41, 5.74) is 1.69. The van der Waals surface area contributed by atoms with Crippen LogP contribution in [-0.2, 0) is 16.1 Å². The molecule has 0 aliphatic heterocycles. The van der Waals surface area contributed by atoms with Crippen molar-refractivity contribution in [2.45, 2.75) is 6.61 Å². The van der Waals surface area contributed by atoms with E-state index in [4.69, 9.17) is 4.42 Å². The molecule has 1 heterocycles. The molecular formula is C10H6IO3. The maximum absolute atomic E-state index is 9.92. The maximum atomic E-state index is 9.92. The highest BCUT2D eigenvalue weighted by Gasteiger charge is 2.07. The highest BCUT2D eigenvalue weighted by atomic mass is 127. The molecule has 71 valence electrons. The third-order valence-electron chi connectivity index (χ3n) is 1.92. The Kier molecular flexibility index (Phi) is 2.72. The predicted molar refractivity (Wildman–Crippen MR) is 59.4 cm³/mol. The van der Waals surface area contributed by atoms with Crippen molar-refractivity contribution < 1.29 is 13.9 Å². The number of furan rings is 1. The van der Waals surface area contributed by atoms with Crippen molar-refractivity contribution in [3.63, 3.8) is 0 Å². The topological polar surface area (TPSA) is 39.4 Å². The van der Waals surface area contributed by atoms with E-state index in [0.29, 0.717) is 0 Å². The summed E-state index contributed by atoms with van der Waals surface area (Å²) in [6.07, 6.45) is 1.60. The Morgan fingerprint density at radius 1 is 1.50 bits per heavy atom. The summed E-state index contributed by atoms with van der Waals surface area (Å²) in [6, 6.07) is 5.83. The van der Waals surface area contributed by atoms with Crippen molar-refractivity contribution in [2.75, 3.05) is 0 Å². The molecule has 0 aliphatic carbocycles. The normalized spacial score (nSPS) is 10.4. The number of benzene rings is 1. The molecule has 0 fully saturated rings. The molecule has 0 aliphatic rings. The van der Waals surface area contributed by atoms with Crippen LogP contribution in [0.4, 0.5) is 0 Å². The third kappa shape index (κ3) is 1.61. The first-order valence-electron chi connectivity index (χ1n) is 3.96. The van der Waals surface area contributed by atoms with Crippen molar-refractivity contribution in [1.29, 1.82) is 0 Å². The van der Waals surface area contributed by atoms with Gasteiger partial charge in [0.05, 0.1) is 9.83 Å². The van der Waals surface area contributed by atoms with Gasteiger partial charge >= 0.3 is 6.47 Å². The number of fused-ring (bicyclic) bond motifs is 1. The van der Waals surface area contributed by atoms with Crippen molar-refractivity contribution in [1.82, 2.24) is 0 Å². The zero-order chi connectivity index (χ0) is 9.97. The third-order valence-corrected chi connectivity index (χ3v) is 2.77. The van der Waals surface area contributed by atoms with Gasteiger partial charge in [-0.05, 0) is 28.7 Å². The van der Waals surface area contributed by atoms with Gasteiger partial charge in [0.15, 0.2) is 0 Å². The van der Waals surface area contributed by atoms with E-state index in [1.165, 1.54) is 6.47 Å². The molecule has 0 atom stereocenters. The molecule has 1 radical (unpaired) electrons. The Morgan fingerprint density at radius 2 is 2.36 bits per heavy atom. The second-order valence-electron chi connectivity index (χ2n) is 2.75. The van der Waals surface area contributed by atoms with E-state index in [1.54, 1.807) is 6.26 Å². The first-order chi connectivity index (χ1) is 6.83. The lowest BCUT2D eigenvalue weighted by molar-refractivity contribution is 0.267. The molecule has 0 bridgehead atoms. The van der Waals surface area contributed by atoms with Gasteiger partial charge in [0, 0.05) is 10.9 Å². The Hall–Kier alpha value is -1.04. The van der Waals surface area contributed by atoms with Crippen molar-refractivity contribution in [3.05, 3.63) is 33.6 Å². The molecule has 1 aromatic carbocycles. The summed E-state index contributed by atoms with van der Waals surface area (Å²) < 4.78 is 11.0. The molecule has 0 saturated heterocycles. The van der Waals surface area contributed by atoms with Crippen LogP contribution in [-0.4, -0.2) is 6.47 Å². The van der Waals surface area contributed by atoms with Crippen molar-refractivity contribution >= 4 is 40.0 Å². The minimum Gasteiger partial charge on any atom is -0.463 e. The Morgan fingerprint density at radius 3 is 3.14 bits per heavy atom. The Bertz CT molecular complexity index is 461. The van der Waals surface area contributed by atoms with Gasteiger partial charge in [-0.25, -0.2) is 4.79 Å². The van der Waals surface area contributed by atoms with Crippen LogP contribution in [0.25, 0.3) is 11.0 Å². The molecule has 2 rings (SSSR count). The quantitative estimate of drug-likeness (QED) is 0.818. The van der Waals surface area contributed by atoms with Crippen LogP contribution in [0.15, 0.2) is 28.9 Å². The number of carbonyl (C=O) groups excluding carboxylic acids is 1. The molecule has 0 amide bonds. The standard InChI is InChI=1S/C10H6IO3/c11-9-3-1-2-8-7(4-13-6-12)5-14-10(8)9/h1-3,5H,4H2. The molecule has 0 spiro atoms. The number of hydrogen-bond donors (Lipinski definition) is 0. The lowest BCUT2D eigenvalue weighted by Crippen LogP contribution is -1.87. The van der Waals surface area contributed by atoms with Gasteiger partial charge in [-0.3, -0.25) is 0 Å². The summed E-state index contributed by atoms with van der Waals surface area (Å²) >= 11 is 2.20. The van der Waals surface area contributed by atoms with Crippen molar-refractivity contribution in [2.24, 2.45) is 0 Å². The molecule has 0 N–H and O–H groups in total. The van der Waals surface area contributed by atoms with Crippen LogP contribution < -0.4 is 0 Å². The number of ether oxygens (including phenoxy) is 1. The average molecular weight is 301 g/mol. The second kappa shape index (κ2) is 4.00. The molecular weight excluding hydrogens is 295 g/mol. The molecule has 0 unspecified atom stereocenters. The van der Waals surface area contributed by atoms with E-state index in [9.17, 15) is 4.79 Å². The van der Waals surface area contributed by atoms with E-state index < -0.39 is 0 Å². The van der Waals surface area contributed by atoms with Crippen LogP contribution in [0.5, 0.6) is 0 Å². The van der Waals surface area contributed by atoms with Gasteiger partial charge in [0.1, 0.15) is 12.2 Å². The SMILES string of the molecule is O=[C]OCc1coc2c(I)cccc12. The van der Waals surface area contributed by atoms with Crippen LogP contribution in [0.1, 0.15) is 5.56 Å². The van der Waals surface area contributed by atoms with Gasteiger partial charge in [0.2, 0.25) is 0 Å². The largest absolute Gasteiger partial charge is 0.463 e. The number of hydrogen-bond acceptors (Lipinski definition) is 3. The van der Waals surface area contributed by atoms with Crippen LogP contribution >= 0.6 is 22.6 Å². The highest BCUT2D eigenvalue weighted by molar-refractivity contribution is 14.1. The minimum atomic E-state index is 0.205. The van der Waals surface area contributed by atoms with Gasteiger partial charge in [-0.15, -0.1) is 0 Å². The van der Waals surface area contributed by atoms with E-state index in [1.807, 2.05) is 18.2 Å². The molecule has 14 heavy (non-hydrogen) atoms. The molecule has 3 nitrogen and oxygen atoms in total. The average Bonchev–Trinajstić information content (AvgIpc) is 2.60. The number of rotatable bonds is 3. The highest BCUT2D eigenvalue weighted by Crippen LogP contribution is 2.25. The molecule has 0 saturated carbocycles. The Balaban J connectivity index is 2.47. The summed E-state index contributed by atoms with van der Waals surface area (Å²) in [6.45, 7) is 1.60. The fraction of sp³-hybridized carbons (Fsp3) is 0.100. The van der Waals surface area contributed by atoms with E-state index in [0.717, 1.165) is 20.1 Å². The van der Waals surface area contributed by atoms with Gasteiger partial charge in [-0.1, -0.05) is 12.1 Å². The van der Waals surface area contributed by atoms with Crippen molar-refractivity contribution in [3.8, 4) is 0 Å². The van der Waals surface area contributed by atoms with Gasteiger partial charge < -0.3 is 9.15 Å². The zero-order valence-electron chi connectivity index (χ0n) is 7.12. The Labute approximate surface area is 94.2 Å². The first-order valence-corrected chi connectivity index (χ1v) is 5.04. The molecule has 4 heteroatoms. The van der Waals surface area contributed by atoms with Gasteiger partial charge in [-0.2, -0.15) is 0 Å². The minimum absolute atomic E-state index is 0.205. The summed E-state index contributed by atoms with van der Waals surface area (Å²) in [5.74, 6) is 0. The van der Waals surface area contributed by atoms with E-state index >= 15 is 0 Å². The number of halogens is 1. The fourth-order valence-electron chi connectivity index (χ4n) is 1.29. The van der Waals surface area contributed by atoms with E-state index in [2.05, 4.69) is 27.3 Å². The lowest BCUT2D eigenvalue weighted by Gasteiger charge is -1.95. The maximum Gasteiger partial charge on any atom is 0.417 e. The lowest BCUT2D eigenvalue weighted by atomic mass is 10.2. The van der Waals surface area contributed by atoms with Crippen LogP contribution in [0, 0.1) is 3.57 Å². The van der Waals surface area contributed by atoms with Gasteiger partial charge in [0.25, 0.3) is 0 Å². The zero-order valence-corrected chi connectivity index (χ0v) is 9.28. The van der Waals surface area contributed by atoms with E-state index in [-0.39, 0.29) is 6.61 Å². The van der Waals surface area contributed by atoms with Crippen LogP contribution in [0.2, 0.25) is 0 Å². The second-order valence-corrected chi connectivity index (χ2v) is 3.91. The summed E-state index contributed by atoms with van der Waals surface area (Å²) in [5, 5.41) is 0.979. The predicted octanol–water partition coefficient (Wildman–Crippen LogP) is 2.62. The summed E-state index contributed by atoms with van der Waals surface area (Å²) in [7, 11) is 0. The molecule has 2 aromatic rings.